The number of aromatic hydroxyl groups is 2. The molecule has 0 spiro atoms. The molecule has 0 unspecified atom stereocenters. The standard InChI is InChI=1S/C21H18O6S/c1-11(2)5-8-16(27-21(26)17-4-3-9-28-17)12-10-15(24)18-13(22)6-7-14(23)19(18)20(12)25/h3-7,9-10,16,22-23H,8H2,1-2H3/t16-/m1/s1. The van der Waals surface area contributed by atoms with Crippen molar-refractivity contribution in [2.24, 2.45) is 0 Å². The highest BCUT2D eigenvalue weighted by Crippen LogP contribution is 2.36. The lowest BCUT2D eigenvalue weighted by molar-refractivity contribution is 0.0378. The molecule has 28 heavy (non-hydrogen) atoms. The number of carbonyl (C=O) groups is 3. The Bertz CT molecular complexity index is 1010. The lowest BCUT2D eigenvalue weighted by Crippen LogP contribution is -2.29. The topological polar surface area (TPSA) is 101 Å². The van der Waals surface area contributed by atoms with Gasteiger partial charge in [-0.15, -0.1) is 11.3 Å². The van der Waals surface area contributed by atoms with Crippen LogP contribution < -0.4 is 0 Å². The summed E-state index contributed by atoms with van der Waals surface area (Å²) in [7, 11) is 0. The van der Waals surface area contributed by atoms with Gasteiger partial charge in [0, 0.05) is 12.0 Å². The molecule has 1 heterocycles. The largest absolute Gasteiger partial charge is 0.507 e. The van der Waals surface area contributed by atoms with Crippen LogP contribution in [-0.2, 0) is 4.74 Å². The normalized spacial score (nSPS) is 14.1. The highest BCUT2D eigenvalue weighted by molar-refractivity contribution is 7.11. The van der Waals surface area contributed by atoms with Gasteiger partial charge < -0.3 is 14.9 Å². The quantitative estimate of drug-likeness (QED) is 0.448. The molecule has 1 aromatic heterocycles. The molecule has 1 aliphatic carbocycles. The van der Waals surface area contributed by atoms with Crippen molar-refractivity contribution >= 4 is 28.9 Å². The molecule has 0 radical (unpaired) electrons. The average Bonchev–Trinajstić information content (AvgIpc) is 3.18. The van der Waals surface area contributed by atoms with Gasteiger partial charge in [-0.05, 0) is 43.5 Å². The zero-order valence-electron chi connectivity index (χ0n) is 15.3. The third-order valence-electron chi connectivity index (χ3n) is 4.24. The van der Waals surface area contributed by atoms with Gasteiger partial charge in [0.05, 0.1) is 11.1 Å². The van der Waals surface area contributed by atoms with Gasteiger partial charge in [-0.1, -0.05) is 17.7 Å². The fourth-order valence-corrected chi connectivity index (χ4v) is 3.49. The van der Waals surface area contributed by atoms with Crippen LogP contribution in [0.3, 0.4) is 0 Å². The van der Waals surface area contributed by atoms with Gasteiger partial charge in [0.15, 0.2) is 11.6 Å². The first-order chi connectivity index (χ1) is 13.3. The van der Waals surface area contributed by atoms with Crippen molar-refractivity contribution in [1.29, 1.82) is 0 Å². The highest BCUT2D eigenvalue weighted by Gasteiger charge is 2.35. The van der Waals surface area contributed by atoms with E-state index in [1.807, 2.05) is 13.8 Å². The number of carbonyl (C=O) groups excluding carboxylic acids is 3. The fourth-order valence-electron chi connectivity index (χ4n) is 2.89. The third-order valence-corrected chi connectivity index (χ3v) is 5.09. The SMILES string of the molecule is CC(C)=CC[C@@H](OC(=O)c1cccs1)C1=CC(=O)c2c(O)ccc(O)c2C1=O. The third kappa shape index (κ3) is 3.75. The van der Waals surface area contributed by atoms with Crippen LogP contribution in [-0.4, -0.2) is 33.9 Å². The molecule has 1 atom stereocenters. The van der Waals surface area contributed by atoms with E-state index < -0.39 is 35.1 Å². The molecule has 7 heteroatoms. The van der Waals surface area contributed by atoms with E-state index in [0.29, 0.717) is 4.88 Å². The molecule has 1 aliphatic rings. The number of fused-ring (bicyclic) bond motifs is 1. The van der Waals surface area contributed by atoms with E-state index in [9.17, 15) is 24.6 Å². The second-order valence-corrected chi connectivity index (χ2v) is 7.48. The van der Waals surface area contributed by atoms with E-state index in [4.69, 9.17) is 4.74 Å². The van der Waals surface area contributed by atoms with Crippen LogP contribution in [0.25, 0.3) is 0 Å². The summed E-state index contributed by atoms with van der Waals surface area (Å²) in [6.45, 7) is 3.72. The predicted molar refractivity (Wildman–Crippen MR) is 104 cm³/mol. The molecule has 0 fully saturated rings. The number of hydrogen-bond acceptors (Lipinski definition) is 7. The molecule has 6 nitrogen and oxygen atoms in total. The van der Waals surface area contributed by atoms with Gasteiger partial charge in [-0.3, -0.25) is 9.59 Å². The number of thiophene rings is 1. The molecule has 0 amide bonds. The van der Waals surface area contributed by atoms with Crippen LogP contribution in [0.5, 0.6) is 11.5 Å². The number of rotatable bonds is 5. The Balaban J connectivity index is 2.01. The molecule has 0 bridgehead atoms. The van der Waals surface area contributed by atoms with E-state index in [-0.39, 0.29) is 23.1 Å². The minimum atomic E-state index is -1.00. The monoisotopic (exact) mass is 398 g/mol. The van der Waals surface area contributed by atoms with E-state index in [0.717, 1.165) is 23.8 Å². The average molecular weight is 398 g/mol. The Hall–Kier alpha value is -3.19. The van der Waals surface area contributed by atoms with Crippen LogP contribution in [0.4, 0.5) is 0 Å². The van der Waals surface area contributed by atoms with Crippen LogP contribution in [0.2, 0.25) is 0 Å². The first-order valence-corrected chi connectivity index (χ1v) is 9.41. The molecule has 0 saturated heterocycles. The molecule has 1 aromatic carbocycles. The van der Waals surface area contributed by atoms with Crippen molar-refractivity contribution in [3.8, 4) is 11.5 Å². The summed E-state index contributed by atoms with van der Waals surface area (Å²) in [5.41, 5.74) is 0.380. The van der Waals surface area contributed by atoms with Crippen molar-refractivity contribution in [3.63, 3.8) is 0 Å². The summed E-state index contributed by atoms with van der Waals surface area (Å²) >= 11 is 1.20. The summed E-state index contributed by atoms with van der Waals surface area (Å²) in [6.07, 6.45) is 2.05. The van der Waals surface area contributed by atoms with Gasteiger partial charge in [0.2, 0.25) is 0 Å². The van der Waals surface area contributed by atoms with Gasteiger partial charge in [-0.2, -0.15) is 0 Å². The molecule has 3 rings (SSSR count). The van der Waals surface area contributed by atoms with Crippen LogP contribution in [0.15, 0.2) is 52.9 Å². The van der Waals surface area contributed by atoms with Crippen molar-refractivity contribution < 1.29 is 29.3 Å². The first-order valence-electron chi connectivity index (χ1n) is 8.53. The van der Waals surface area contributed by atoms with Crippen molar-refractivity contribution in [1.82, 2.24) is 0 Å². The number of benzene rings is 1. The Kier molecular flexibility index (Phi) is 5.46. The maximum absolute atomic E-state index is 13.0. The molecule has 2 aromatic rings. The Morgan fingerprint density at radius 3 is 2.43 bits per heavy atom. The Morgan fingerprint density at radius 2 is 1.82 bits per heavy atom. The van der Waals surface area contributed by atoms with Crippen LogP contribution >= 0.6 is 11.3 Å². The van der Waals surface area contributed by atoms with Gasteiger partial charge in [-0.25, -0.2) is 4.79 Å². The summed E-state index contributed by atoms with van der Waals surface area (Å²) in [4.78, 5) is 38.3. The first kappa shape index (κ1) is 19.6. The fraction of sp³-hybridized carbons (Fsp3) is 0.190. The number of allylic oxidation sites excluding steroid dienone is 2. The van der Waals surface area contributed by atoms with Crippen molar-refractivity contribution in [3.05, 3.63) is 68.9 Å². The van der Waals surface area contributed by atoms with Gasteiger partial charge in [0.25, 0.3) is 0 Å². The maximum Gasteiger partial charge on any atom is 0.348 e. The van der Waals surface area contributed by atoms with Crippen LogP contribution in [0, 0.1) is 0 Å². The zero-order valence-corrected chi connectivity index (χ0v) is 16.1. The highest BCUT2D eigenvalue weighted by atomic mass is 32.1. The summed E-state index contributed by atoms with van der Waals surface area (Å²) in [5, 5.41) is 21.8. The lowest BCUT2D eigenvalue weighted by atomic mass is 9.85. The number of phenolic OH excluding ortho intramolecular Hbond substituents is 2. The molecular formula is C21H18O6S. The number of esters is 1. The second-order valence-electron chi connectivity index (χ2n) is 6.54. The summed E-state index contributed by atoms with van der Waals surface area (Å²) in [6, 6.07) is 5.60. The van der Waals surface area contributed by atoms with E-state index in [2.05, 4.69) is 0 Å². The minimum Gasteiger partial charge on any atom is -0.507 e. The maximum atomic E-state index is 13.0. The minimum absolute atomic E-state index is 0.0409. The number of ether oxygens (including phenoxy) is 1. The van der Waals surface area contributed by atoms with Gasteiger partial charge in [0.1, 0.15) is 22.5 Å². The molecule has 0 saturated carbocycles. The number of Topliss-reactive ketones (excluding diaryl/α,β-unsaturated/α-hetero) is 1. The zero-order chi connectivity index (χ0) is 20.4. The number of ketones is 2. The number of hydrogen-bond donors (Lipinski definition) is 2. The predicted octanol–water partition coefficient (Wildman–Crippen LogP) is 4.05. The van der Waals surface area contributed by atoms with Crippen molar-refractivity contribution in [2.75, 3.05) is 0 Å². The summed E-state index contributed by atoms with van der Waals surface area (Å²) < 4.78 is 5.53. The smallest absolute Gasteiger partial charge is 0.348 e. The Labute approximate surface area is 165 Å². The Morgan fingerprint density at radius 1 is 1.14 bits per heavy atom. The van der Waals surface area contributed by atoms with E-state index in [1.54, 1.807) is 23.6 Å². The van der Waals surface area contributed by atoms with Crippen LogP contribution in [0.1, 0.15) is 50.7 Å². The van der Waals surface area contributed by atoms with Gasteiger partial charge >= 0.3 is 5.97 Å². The molecule has 0 aliphatic heterocycles. The molecular weight excluding hydrogens is 380 g/mol. The molecule has 2 N–H and O–H groups in total. The van der Waals surface area contributed by atoms with Crippen molar-refractivity contribution in [2.45, 2.75) is 26.4 Å². The molecule has 144 valence electrons. The summed E-state index contributed by atoms with van der Waals surface area (Å²) in [5.74, 6) is -2.70. The van der Waals surface area contributed by atoms with E-state index in [1.165, 1.54) is 11.3 Å². The lowest BCUT2D eigenvalue weighted by Gasteiger charge is -2.23. The second kappa shape index (κ2) is 7.82. The number of phenols is 2. The van der Waals surface area contributed by atoms with E-state index >= 15 is 0 Å².